The molecule has 0 aromatic heterocycles. The van der Waals surface area contributed by atoms with Crippen molar-refractivity contribution in [2.24, 2.45) is 0 Å². The molecule has 2 unspecified atom stereocenters. The van der Waals surface area contributed by atoms with Gasteiger partial charge in [-0.1, -0.05) is 6.07 Å². The van der Waals surface area contributed by atoms with E-state index >= 15 is 0 Å². The highest BCUT2D eigenvalue weighted by Gasteiger charge is 2.36. The first kappa shape index (κ1) is 18.0. The summed E-state index contributed by atoms with van der Waals surface area (Å²) in [6, 6.07) is 5.16. The van der Waals surface area contributed by atoms with Crippen molar-refractivity contribution in [2.45, 2.75) is 57.2 Å². The Labute approximate surface area is 148 Å². The summed E-state index contributed by atoms with van der Waals surface area (Å²) < 4.78 is 5.44. The van der Waals surface area contributed by atoms with Gasteiger partial charge in [-0.15, -0.1) is 0 Å². The summed E-state index contributed by atoms with van der Waals surface area (Å²) in [7, 11) is 0. The lowest BCUT2D eigenvalue weighted by Gasteiger charge is -2.35. The molecule has 1 aromatic rings. The first-order valence-corrected chi connectivity index (χ1v) is 9.19. The van der Waals surface area contributed by atoms with Gasteiger partial charge < -0.3 is 20.3 Å². The Morgan fingerprint density at radius 3 is 2.76 bits per heavy atom. The number of phenolic OH excluding ortho intramolecular Hbond substituents is 2. The number of ether oxygens (including phenoxy) is 1. The minimum Gasteiger partial charge on any atom is -0.504 e. The second kappa shape index (κ2) is 8.06. The molecule has 3 N–H and O–H groups in total. The molecular formula is C19H28N2O4. The number of aromatic hydroxyl groups is 2. The fraction of sp³-hybridized carbons (Fsp3) is 0.632. The SMILES string of the molecule is CC(Cc1ccc(O)c(O)c1)NC(=O)C1CCCN1C1CCOCC1. The van der Waals surface area contributed by atoms with Crippen molar-refractivity contribution in [1.82, 2.24) is 10.2 Å². The number of hydrogen-bond acceptors (Lipinski definition) is 5. The summed E-state index contributed by atoms with van der Waals surface area (Å²) in [5.74, 6) is -0.157. The monoisotopic (exact) mass is 348 g/mol. The van der Waals surface area contributed by atoms with Gasteiger partial charge >= 0.3 is 0 Å². The van der Waals surface area contributed by atoms with Crippen molar-refractivity contribution in [3.05, 3.63) is 23.8 Å². The number of likely N-dealkylation sites (tertiary alicyclic amines) is 1. The summed E-state index contributed by atoms with van der Waals surface area (Å²) in [6.07, 6.45) is 4.60. The fourth-order valence-corrected chi connectivity index (χ4v) is 3.96. The third-order valence-electron chi connectivity index (χ3n) is 5.23. The second-order valence-electron chi connectivity index (χ2n) is 7.18. The summed E-state index contributed by atoms with van der Waals surface area (Å²) in [5.41, 5.74) is 0.885. The van der Waals surface area contributed by atoms with Crippen LogP contribution in [0.1, 0.15) is 38.2 Å². The van der Waals surface area contributed by atoms with E-state index in [1.165, 1.54) is 6.07 Å². The number of nitrogens with one attached hydrogen (secondary N) is 1. The Kier molecular flexibility index (Phi) is 5.81. The number of benzene rings is 1. The number of amides is 1. The molecule has 6 nitrogen and oxygen atoms in total. The van der Waals surface area contributed by atoms with Gasteiger partial charge in [0.25, 0.3) is 0 Å². The Morgan fingerprint density at radius 1 is 1.28 bits per heavy atom. The maximum absolute atomic E-state index is 12.7. The van der Waals surface area contributed by atoms with Crippen LogP contribution in [0.4, 0.5) is 0 Å². The summed E-state index contributed by atoms with van der Waals surface area (Å²) >= 11 is 0. The molecule has 0 radical (unpaired) electrons. The van der Waals surface area contributed by atoms with Crippen LogP contribution < -0.4 is 5.32 Å². The number of phenols is 2. The average Bonchev–Trinajstić information content (AvgIpc) is 3.09. The summed E-state index contributed by atoms with van der Waals surface area (Å²) in [6.45, 7) is 4.53. The molecule has 2 atom stereocenters. The molecule has 2 aliphatic heterocycles. The Bertz CT molecular complexity index is 601. The molecule has 0 bridgehead atoms. The number of carbonyl (C=O) groups excluding carboxylic acids is 1. The zero-order valence-electron chi connectivity index (χ0n) is 14.8. The third-order valence-corrected chi connectivity index (χ3v) is 5.23. The molecule has 3 rings (SSSR count). The molecule has 138 valence electrons. The quantitative estimate of drug-likeness (QED) is 0.707. The molecule has 25 heavy (non-hydrogen) atoms. The van der Waals surface area contributed by atoms with E-state index in [9.17, 15) is 15.0 Å². The van der Waals surface area contributed by atoms with Crippen LogP contribution in [0, 0.1) is 0 Å². The van der Waals surface area contributed by atoms with Crippen molar-refractivity contribution in [3.8, 4) is 11.5 Å². The average molecular weight is 348 g/mol. The first-order chi connectivity index (χ1) is 12.0. The van der Waals surface area contributed by atoms with Gasteiger partial charge in [0, 0.05) is 25.3 Å². The van der Waals surface area contributed by atoms with Crippen LogP contribution in [0.5, 0.6) is 11.5 Å². The second-order valence-corrected chi connectivity index (χ2v) is 7.18. The van der Waals surface area contributed by atoms with E-state index in [0.29, 0.717) is 12.5 Å². The van der Waals surface area contributed by atoms with Gasteiger partial charge in [-0.3, -0.25) is 9.69 Å². The molecule has 2 saturated heterocycles. The van der Waals surface area contributed by atoms with E-state index in [0.717, 1.165) is 51.0 Å². The lowest BCUT2D eigenvalue weighted by molar-refractivity contribution is -0.127. The number of carbonyl (C=O) groups is 1. The van der Waals surface area contributed by atoms with Gasteiger partial charge in [0.05, 0.1) is 6.04 Å². The molecule has 0 aliphatic carbocycles. The van der Waals surface area contributed by atoms with Gasteiger partial charge in [-0.05, 0) is 63.3 Å². The largest absolute Gasteiger partial charge is 0.504 e. The van der Waals surface area contributed by atoms with Crippen LogP contribution in [0.25, 0.3) is 0 Å². The van der Waals surface area contributed by atoms with Gasteiger partial charge in [0.2, 0.25) is 5.91 Å². The van der Waals surface area contributed by atoms with E-state index in [1.807, 2.05) is 6.92 Å². The predicted octanol–water partition coefficient (Wildman–Crippen LogP) is 1.79. The first-order valence-electron chi connectivity index (χ1n) is 9.19. The molecule has 2 heterocycles. The molecule has 2 fully saturated rings. The highest BCUT2D eigenvalue weighted by atomic mass is 16.5. The van der Waals surface area contributed by atoms with Crippen LogP contribution in [-0.4, -0.2) is 58.9 Å². The van der Waals surface area contributed by atoms with E-state index in [1.54, 1.807) is 12.1 Å². The Hall–Kier alpha value is -1.79. The third kappa shape index (κ3) is 4.44. The summed E-state index contributed by atoms with van der Waals surface area (Å²) in [5, 5.41) is 22.1. The summed E-state index contributed by atoms with van der Waals surface area (Å²) in [4.78, 5) is 15.1. The molecule has 1 amide bonds. The molecule has 6 heteroatoms. The van der Waals surface area contributed by atoms with Crippen molar-refractivity contribution in [2.75, 3.05) is 19.8 Å². The minimum atomic E-state index is -0.127. The Balaban J connectivity index is 1.55. The molecule has 2 aliphatic rings. The standard InChI is InChI=1S/C19H28N2O4/c1-13(11-14-4-5-17(22)18(23)12-14)20-19(24)16-3-2-8-21(16)15-6-9-25-10-7-15/h4-5,12-13,15-16,22-23H,2-3,6-11H2,1H3,(H,20,24). The van der Waals surface area contributed by atoms with E-state index < -0.39 is 0 Å². The number of rotatable bonds is 5. The predicted molar refractivity (Wildman–Crippen MR) is 94.6 cm³/mol. The highest BCUT2D eigenvalue weighted by Crippen LogP contribution is 2.27. The van der Waals surface area contributed by atoms with E-state index in [2.05, 4.69) is 10.2 Å². The van der Waals surface area contributed by atoms with Crippen LogP contribution in [0.3, 0.4) is 0 Å². The minimum absolute atomic E-state index is 0.0337. The lowest BCUT2D eigenvalue weighted by Crippen LogP contribution is -2.51. The zero-order chi connectivity index (χ0) is 17.8. The van der Waals surface area contributed by atoms with E-state index in [-0.39, 0.29) is 29.5 Å². The molecule has 0 saturated carbocycles. The van der Waals surface area contributed by atoms with Crippen molar-refractivity contribution >= 4 is 5.91 Å². The van der Waals surface area contributed by atoms with Gasteiger partial charge in [-0.2, -0.15) is 0 Å². The molecule has 0 spiro atoms. The van der Waals surface area contributed by atoms with E-state index in [4.69, 9.17) is 4.74 Å². The fourth-order valence-electron chi connectivity index (χ4n) is 3.96. The van der Waals surface area contributed by atoms with Gasteiger partial charge in [-0.25, -0.2) is 0 Å². The van der Waals surface area contributed by atoms with Crippen LogP contribution in [0.15, 0.2) is 18.2 Å². The normalized spacial score (nSPS) is 23.5. The zero-order valence-corrected chi connectivity index (χ0v) is 14.8. The Morgan fingerprint density at radius 2 is 2.04 bits per heavy atom. The van der Waals surface area contributed by atoms with Crippen molar-refractivity contribution in [3.63, 3.8) is 0 Å². The molecule has 1 aromatic carbocycles. The lowest BCUT2D eigenvalue weighted by atomic mass is 10.0. The van der Waals surface area contributed by atoms with Crippen LogP contribution >= 0.6 is 0 Å². The van der Waals surface area contributed by atoms with Crippen LogP contribution in [0.2, 0.25) is 0 Å². The number of nitrogens with zero attached hydrogens (tertiary/aromatic N) is 1. The maximum atomic E-state index is 12.7. The smallest absolute Gasteiger partial charge is 0.237 e. The van der Waals surface area contributed by atoms with Crippen molar-refractivity contribution < 1.29 is 19.7 Å². The number of hydrogen-bond donors (Lipinski definition) is 3. The highest BCUT2D eigenvalue weighted by molar-refractivity contribution is 5.82. The topological polar surface area (TPSA) is 82.0 Å². The van der Waals surface area contributed by atoms with Gasteiger partial charge in [0.1, 0.15) is 0 Å². The van der Waals surface area contributed by atoms with Crippen molar-refractivity contribution in [1.29, 1.82) is 0 Å². The maximum Gasteiger partial charge on any atom is 0.237 e. The molecular weight excluding hydrogens is 320 g/mol. The van der Waals surface area contributed by atoms with Gasteiger partial charge in [0.15, 0.2) is 11.5 Å². The van der Waals surface area contributed by atoms with Crippen LogP contribution in [-0.2, 0) is 16.0 Å².